The normalized spacial score (nSPS) is 11.8. The van der Waals surface area contributed by atoms with E-state index < -0.39 is 0 Å². The molecule has 0 spiro atoms. The van der Waals surface area contributed by atoms with Crippen LogP contribution in [-0.2, 0) is 0 Å². The Morgan fingerprint density at radius 2 is 0.846 bits per heavy atom. The number of benzene rings is 8. The highest BCUT2D eigenvalue weighted by Gasteiger charge is 2.23. The van der Waals surface area contributed by atoms with Gasteiger partial charge in [-0.1, -0.05) is 115 Å². The van der Waals surface area contributed by atoms with Gasteiger partial charge in [0, 0.05) is 50.0 Å². The van der Waals surface area contributed by atoms with Crippen molar-refractivity contribution in [2.45, 2.75) is 0 Å². The molecule has 0 atom stereocenters. The maximum absolute atomic E-state index is 6.93. The third-order valence-corrected chi connectivity index (χ3v) is 10.3. The third-order valence-electron chi connectivity index (χ3n) is 10.3. The van der Waals surface area contributed by atoms with Gasteiger partial charge in [0.05, 0.1) is 17.1 Å². The Morgan fingerprint density at radius 3 is 1.58 bits per heavy atom. The number of anilines is 3. The molecule has 0 radical (unpaired) electrons. The lowest BCUT2D eigenvalue weighted by molar-refractivity contribution is 0.667. The Bertz CT molecular complexity index is 3130. The molecule has 0 bridgehead atoms. The molecule has 0 aliphatic heterocycles. The van der Waals surface area contributed by atoms with Crippen molar-refractivity contribution >= 4 is 82.9 Å². The number of hydrogen-bond acceptors (Lipinski definition) is 4. The van der Waals surface area contributed by atoms with Gasteiger partial charge in [-0.15, -0.1) is 0 Å². The van der Waals surface area contributed by atoms with Crippen molar-refractivity contribution < 1.29 is 13.3 Å². The van der Waals surface area contributed by atoms with Crippen LogP contribution in [0.1, 0.15) is 0 Å². The van der Waals surface area contributed by atoms with Crippen molar-refractivity contribution in [3.05, 3.63) is 176 Å². The molecule has 0 amide bonds. The van der Waals surface area contributed by atoms with E-state index in [0.29, 0.717) is 0 Å². The fraction of sp³-hybridized carbons (Fsp3) is 0. The maximum atomic E-state index is 6.93. The number of furan rings is 3. The molecule has 3 heterocycles. The molecular formula is C48H29NO3. The van der Waals surface area contributed by atoms with Crippen molar-refractivity contribution in [2.24, 2.45) is 0 Å². The molecule has 0 N–H and O–H groups in total. The van der Waals surface area contributed by atoms with E-state index in [0.717, 1.165) is 105 Å². The van der Waals surface area contributed by atoms with Crippen molar-refractivity contribution in [2.75, 3.05) is 4.90 Å². The Labute approximate surface area is 298 Å². The van der Waals surface area contributed by atoms with Crippen LogP contribution < -0.4 is 4.90 Å². The summed E-state index contributed by atoms with van der Waals surface area (Å²) in [5.74, 6) is 0. The summed E-state index contributed by atoms with van der Waals surface area (Å²) in [6.45, 7) is 0. The minimum atomic E-state index is 0.808. The number of rotatable bonds is 5. The molecule has 0 saturated heterocycles. The van der Waals surface area contributed by atoms with E-state index in [1.807, 2.05) is 24.3 Å². The summed E-state index contributed by atoms with van der Waals surface area (Å²) >= 11 is 0. The molecule has 52 heavy (non-hydrogen) atoms. The van der Waals surface area contributed by atoms with Gasteiger partial charge in [0.2, 0.25) is 0 Å². The number of fused-ring (bicyclic) bond motifs is 9. The van der Waals surface area contributed by atoms with E-state index in [2.05, 4.69) is 157 Å². The molecule has 0 unspecified atom stereocenters. The molecule has 11 rings (SSSR count). The minimum absolute atomic E-state index is 0.808. The number of para-hydroxylation sites is 3. The lowest BCUT2D eigenvalue weighted by Gasteiger charge is -2.25. The summed E-state index contributed by atoms with van der Waals surface area (Å²) in [6, 6.07) is 61.2. The monoisotopic (exact) mass is 667 g/mol. The van der Waals surface area contributed by atoms with Gasteiger partial charge < -0.3 is 18.2 Å². The molecule has 0 saturated carbocycles. The second-order valence-electron chi connectivity index (χ2n) is 13.3. The predicted molar refractivity (Wildman–Crippen MR) is 214 cm³/mol. The van der Waals surface area contributed by atoms with Gasteiger partial charge >= 0.3 is 0 Å². The summed E-state index contributed by atoms with van der Waals surface area (Å²) in [7, 11) is 0. The Kier molecular flexibility index (Phi) is 6.22. The van der Waals surface area contributed by atoms with Crippen LogP contribution in [0.4, 0.5) is 17.1 Å². The van der Waals surface area contributed by atoms with E-state index in [-0.39, 0.29) is 0 Å². The molecule has 0 fully saturated rings. The highest BCUT2D eigenvalue weighted by atomic mass is 16.3. The zero-order valence-corrected chi connectivity index (χ0v) is 27.9. The van der Waals surface area contributed by atoms with Gasteiger partial charge in [0.1, 0.15) is 27.9 Å². The zero-order chi connectivity index (χ0) is 34.2. The molecule has 4 nitrogen and oxygen atoms in total. The van der Waals surface area contributed by atoms with Gasteiger partial charge in [-0.25, -0.2) is 0 Å². The maximum Gasteiger partial charge on any atom is 0.159 e. The van der Waals surface area contributed by atoms with Crippen LogP contribution in [-0.4, -0.2) is 0 Å². The first kappa shape index (κ1) is 28.8. The topological polar surface area (TPSA) is 42.7 Å². The van der Waals surface area contributed by atoms with Crippen LogP contribution in [0.2, 0.25) is 0 Å². The van der Waals surface area contributed by atoms with Gasteiger partial charge in [-0.2, -0.15) is 0 Å². The lowest BCUT2D eigenvalue weighted by atomic mass is 10.0. The minimum Gasteiger partial charge on any atom is -0.456 e. The first-order valence-corrected chi connectivity index (χ1v) is 17.5. The van der Waals surface area contributed by atoms with Crippen molar-refractivity contribution in [3.8, 4) is 22.3 Å². The summed E-state index contributed by atoms with van der Waals surface area (Å²) in [4.78, 5) is 2.25. The third kappa shape index (κ3) is 4.41. The van der Waals surface area contributed by atoms with Crippen LogP contribution in [0.3, 0.4) is 0 Å². The Balaban J connectivity index is 1.14. The average Bonchev–Trinajstić information content (AvgIpc) is 3.89. The van der Waals surface area contributed by atoms with Crippen LogP contribution >= 0.6 is 0 Å². The molecule has 0 aliphatic rings. The van der Waals surface area contributed by atoms with Crippen LogP contribution in [0, 0.1) is 0 Å². The standard InChI is InChI=1S/C48H29NO3/c1-3-11-30(12-4-1)32-21-24-37-39-26-23-34(29-46(39)51-44(37)27-32)49(33-22-25-38-36-15-7-8-20-43(36)50-45(38)28-33)42-19-10-18-41-40-17-9-16-35(47(40)52-48(41)42)31-13-5-2-6-14-31/h1-29H. The molecule has 11 aromatic rings. The average molecular weight is 668 g/mol. The molecular weight excluding hydrogens is 639 g/mol. The summed E-state index contributed by atoms with van der Waals surface area (Å²) in [5, 5.41) is 6.47. The van der Waals surface area contributed by atoms with Gasteiger partial charge in [0.25, 0.3) is 0 Å². The molecule has 8 aromatic carbocycles. The molecule has 244 valence electrons. The Hall–Kier alpha value is -7.04. The van der Waals surface area contributed by atoms with Gasteiger partial charge in [-0.05, 0) is 65.2 Å². The molecule has 3 aromatic heterocycles. The van der Waals surface area contributed by atoms with Gasteiger partial charge in [0.15, 0.2) is 5.58 Å². The highest BCUT2D eigenvalue weighted by molar-refractivity contribution is 6.14. The quantitative estimate of drug-likeness (QED) is 0.183. The summed E-state index contributed by atoms with van der Waals surface area (Å²) < 4.78 is 20.0. The van der Waals surface area contributed by atoms with Crippen LogP contribution in [0.15, 0.2) is 189 Å². The largest absolute Gasteiger partial charge is 0.456 e. The van der Waals surface area contributed by atoms with Crippen molar-refractivity contribution in [1.29, 1.82) is 0 Å². The molecule has 4 heteroatoms. The number of hydrogen-bond donors (Lipinski definition) is 0. The second kappa shape index (κ2) is 11.2. The van der Waals surface area contributed by atoms with Crippen molar-refractivity contribution in [1.82, 2.24) is 0 Å². The summed E-state index contributed by atoms with van der Waals surface area (Å²) in [6.07, 6.45) is 0. The fourth-order valence-electron chi connectivity index (χ4n) is 7.82. The summed E-state index contributed by atoms with van der Waals surface area (Å²) in [5.41, 5.74) is 12.3. The zero-order valence-electron chi connectivity index (χ0n) is 27.9. The molecule has 0 aliphatic carbocycles. The van der Waals surface area contributed by atoms with E-state index in [1.165, 1.54) is 0 Å². The highest BCUT2D eigenvalue weighted by Crippen LogP contribution is 2.46. The second-order valence-corrected chi connectivity index (χ2v) is 13.3. The number of nitrogens with zero attached hydrogens (tertiary/aromatic N) is 1. The van der Waals surface area contributed by atoms with Crippen molar-refractivity contribution in [3.63, 3.8) is 0 Å². The van der Waals surface area contributed by atoms with Crippen LogP contribution in [0.25, 0.3) is 88.1 Å². The smallest absolute Gasteiger partial charge is 0.159 e. The van der Waals surface area contributed by atoms with E-state index in [9.17, 15) is 0 Å². The van der Waals surface area contributed by atoms with E-state index in [1.54, 1.807) is 0 Å². The predicted octanol–water partition coefficient (Wildman–Crippen LogP) is 14.2. The van der Waals surface area contributed by atoms with E-state index >= 15 is 0 Å². The van der Waals surface area contributed by atoms with Crippen LogP contribution in [0.5, 0.6) is 0 Å². The SMILES string of the molecule is c1ccc(-c2ccc3c(c2)oc2cc(N(c4ccc5c(c4)oc4ccccc45)c4cccc5c4oc4c(-c6ccccc6)cccc45)ccc23)cc1. The fourth-order valence-corrected chi connectivity index (χ4v) is 7.82. The van der Waals surface area contributed by atoms with E-state index in [4.69, 9.17) is 13.3 Å². The first-order valence-electron chi connectivity index (χ1n) is 17.5. The Morgan fingerprint density at radius 1 is 0.308 bits per heavy atom. The lowest BCUT2D eigenvalue weighted by Crippen LogP contribution is -2.10. The first-order chi connectivity index (χ1) is 25.8. The van der Waals surface area contributed by atoms with Gasteiger partial charge in [-0.3, -0.25) is 0 Å².